The standard InChI is InChI=1S/C17H28NO2P.C3H6.CH2O2/c1-3-5-12-18-17(19)16(4-2)14-21(20)13-11-15-9-7-6-8-10-15;1-3-2;2-1-3/h6-10,16,20H,3-5,11-14H2,1-2H3,(H,18,19);3H,1H2,2H3;1H,(H,2,3). The molecule has 1 aromatic rings. The molecule has 2 unspecified atom stereocenters. The van der Waals surface area contributed by atoms with Crippen molar-refractivity contribution < 1.29 is 19.6 Å². The zero-order valence-electron chi connectivity index (χ0n) is 16.9. The Morgan fingerprint density at radius 2 is 1.85 bits per heavy atom. The fourth-order valence-electron chi connectivity index (χ4n) is 2.18. The summed E-state index contributed by atoms with van der Waals surface area (Å²) in [6.07, 6.45) is 6.93. The molecule has 27 heavy (non-hydrogen) atoms. The van der Waals surface area contributed by atoms with Crippen molar-refractivity contribution in [3.63, 3.8) is 0 Å². The molecule has 0 aromatic heterocycles. The Balaban J connectivity index is 0. The molecule has 5 nitrogen and oxygen atoms in total. The first kappa shape index (κ1) is 27.5. The van der Waals surface area contributed by atoms with Crippen LogP contribution in [0.5, 0.6) is 0 Å². The molecule has 0 aliphatic heterocycles. The minimum atomic E-state index is -1.06. The first-order valence-corrected chi connectivity index (χ1v) is 11.1. The molecule has 6 heteroatoms. The van der Waals surface area contributed by atoms with Gasteiger partial charge in [-0.2, -0.15) is 0 Å². The van der Waals surface area contributed by atoms with Crippen molar-refractivity contribution in [2.24, 2.45) is 5.92 Å². The van der Waals surface area contributed by atoms with Crippen LogP contribution >= 0.6 is 8.15 Å². The number of rotatable bonds is 10. The van der Waals surface area contributed by atoms with E-state index in [1.165, 1.54) is 5.56 Å². The Bertz CT molecular complexity index is 476. The molecule has 0 heterocycles. The van der Waals surface area contributed by atoms with Gasteiger partial charge in [-0.3, -0.25) is 9.59 Å². The summed E-state index contributed by atoms with van der Waals surface area (Å²) >= 11 is 0. The van der Waals surface area contributed by atoms with Crippen LogP contribution in [-0.4, -0.2) is 41.2 Å². The average molecular weight is 397 g/mol. The quantitative estimate of drug-likeness (QED) is 0.236. The first-order valence-electron chi connectivity index (χ1n) is 9.40. The summed E-state index contributed by atoms with van der Waals surface area (Å²) in [5.41, 5.74) is 1.25. The predicted molar refractivity (Wildman–Crippen MR) is 115 cm³/mol. The second kappa shape index (κ2) is 20.6. The van der Waals surface area contributed by atoms with E-state index in [2.05, 4.69) is 31.0 Å². The summed E-state index contributed by atoms with van der Waals surface area (Å²) in [6, 6.07) is 10.2. The zero-order chi connectivity index (χ0) is 20.9. The third-order valence-electron chi connectivity index (χ3n) is 3.63. The molecule has 3 N–H and O–H groups in total. The number of carbonyl (C=O) groups excluding carboxylic acids is 1. The van der Waals surface area contributed by atoms with Crippen LogP contribution in [-0.2, 0) is 16.0 Å². The predicted octanol–water partition coefficient (Wildman–Crippen LogP) is 4.45. The molecule has 0 aliphatic carbocycles. The summed E-state index contributed by atoms with van der Waals surface area (Å²) in [5, 5.41) is 9.86. The fourth-order valence-corrected chi connectivity index (χ4v) is 3.81. The lowest BCUT2D eigenvalue weighted by Gasteiger charge is -2.18. The summed E-state index contributed by atoms with van der Waals surface area (Å²) in [6.45, 7) is 9.88. The number of amides is 1. The summed E-state index contributed by atoms with van der Waals surface area (Å²) < 4.78 is 0. The molecule has 0 fully saturated rings. The first-order chi connectivity index (χ1) is 13.0. The lowest BCUT2D eigenvalue weighted by atomic mass is 10.1. The van der Waals surface area contributed by atoms with Gasteiger partial charge in [0.15, 0.2) is 0 Å². The Morgan fingerprint density at radius 3 is 2.33 bits per heavy atom. The summed E-state index contributed by atoms with van der Waals surface area (Å²) in [5.74, 6) is 0.0564. The van der Waals surface area contributed by atoms with Gasteiger partial charge in [0.1, 0.15) is 0 Å². The smallest absolute Gasteiger partial charge is 0.290 e. The second-order valence-electron chi connectivity index (χ2n) is 5.91. The van der Waals surface area contributed by atoms with Gasteiger partial charge in [0, 0.05) is 26.8 Å². The Kier molecular flexibility index (Phi) is 21.0. The van der Waals surface area contributed by atoms with Crippen molar-refractivity contribution >= 4 is 20.5 Å². The topological polar surface area (TPSA) is 86.6 Å². The van der Waals surface area contributed by atoms with E-state index in [1.54, 1.807) is 6.08 Å². The molecular weight excluding hydrogens is 361 g/mol. The van der Waals surface area contributed by atoms with Crippen molar-refractivity contribution in [2.75, 3.05) is 18.9 Å². The Labute approximate surface area is 165 Å². The molecule has 0 radical (unpaired) electrons. The van der Waals surface area contributed by atoms with E-state index in [4.69, 9.17) is 9.90 Å². The van der Waals surface area contributed by atoms with Crippen LogP contribution in [0.25, 0.3) is 0 Å². The Hall–Kier alpha value is -1.71. The molecule has 0 saturated carbocycles. The van der Waals surface area contributed by atoms with E-state index >= 15 is 0 Å². The highest BCUT2D eigenvalue weighted by atomic mass is 31.1. The van der Waals surface area contributed by atoms with Crippen molar-refractivity contribution in [1.29, 1.82) is 0 Å². The van der Waals surface area contributed by atoms with E-state index in [0.717, 1.165) is 38.4 Å². The van der Waals surface area contributed by atoms with Gasteiger partial charge >= 0.3 is 0 Å². The lowest BCUT2D eigenvalue weighted by molar-refractivity contribution is -0.124. The van der Waals surface area contributed by atoms with Crippen LogP contribution in [0, 0.1) is 5.92 Å². The number of aryl methyl sites for hydroxylation is 1. The maximum absolute atomic E-state index is 12.0. The maximum atomic E-state index is 12.0. The SMILES string of the molecule is C=CC.CCCCNC(=O)C(CC)CP(O)CCc1ccccc1.O=CO. The number of hydrogen-bond acceptors (Lipinski definition) is 3. The van der Waals surface area contributed by atoms with Gasteiger partial charge in [0.2, 0.25) is 5.91 Å². The van der Waals surface area contributed by atoms with Crippen LogP contribution in [0.2, 0.25) is 0 Å². The molecule has 154 valence electrons. The molecule has 0 saturated heterocycles. The number of unbranched alkanes of at least 4 members (excludes halogenated alkanes) is 1. The highest BCUT2D eigenvalue weighted by Gasteiger charge is 2.20. The molecular formula is C21H36NO4P. The molecule has 2 atom stereocenters. The maximum Gasteiger partial charge on any atom is 0.290 e. The van der Waals surface area contributed by atoms with Crippen LogP contribution < -0.4 is 5.32 Å². The number of nitrogens with one attached hydrogen (secondary N) is 1. The lowest BCUT2D eigenvalue weighted by Crippen LogP contribution is -2.32. The van der Waals surface area contributed by atoms with Gasteiger partial charge in [-0.25, -0.2) is 0 Å². The van der Waals surface area contributed by atoms with E-state index < -0.39 is 8.15 Å². The summed E-state index contributed by atoms with van der Waals surface area (Å²) in [4.78, 5) is 30.6. The van der Waals surface area contributed by atoms with Crippen LogP contribution in [0.4, 0.5) is 0 Å². The normalized spacial score (nSPS) is 11.6. The average Bonchev–Trinajstić information content (AvgIpc) is 2.66. The van der Waals surface area contributed by atoms with Gasteiger partial charge < -0.3 is 15.3 Å². The van der Waals surface area contributed by atoms with Gasteiger partial charge in [-0.05, 0) is 37.9 Å². The van der Waals surface area contributed by atoms with E-state index in [9.17, 15) is 9.69 Å². The van der Waals surface area contributed by atoms with Crippen molar-refractivity contribution in [3.8, 4) is 0 Å². The zero-order valence-corrected chi connectivity index (χ0v) is 17.8. The van der Waals surface area contributed by atoms with Crippen molar-refractivity contribution in [3.05, 3.63) is 48.6 Å². The highest BCUT2D eigenvalue weighted by Crippen LogP contribution is 2.34. The minimum Gasteiger partial charge on any atom is -0.483 e. The number of benzene rings is 1. The number of carbonyl (C=O) groups is 2. The monoisotopic (exact) mass is 397 g/mol. The molecule has 0 bridgehead atoms. The number of carboxylic acid groups (broad SMARTS) is 1. The minimum absolute atomic E-state index is 0.0475. The van der Waals surface area contributed by atoms with Gasteiger partial charge in [0.25, 0.3) is 6.47 Å². The van der Waals surface area contributed by atoms with Gasteiger partial charge in [0.05, 0.1) is 0 Å². The van der Waals surface area contributed by atoms with E-state index in [1.807, 2.05) is 32.0 Å². The molecule has 1 amide bonds. The van der Waals surface area contributed by atoms with Crippen molar-refractivity contribution in [2.45, 2.75) is 46.5 Å². The van der Waals surface area contributed by atoms with Gasteiger partial charge in [-0.15, -0.1) is 6.58 Å². The Morgan fingerprint density at radius 1 is 1.30 bits per heavy atom. The highest BCUT2D eigenvalue weighted by molar-refractivity contribution is 7.51. The molecule has 1 rings (SSSR count). The van der Waals surface area contributed by atoms with E-state index in [0.29, 0.717) is 6.16 Å². The number of hydrogen-bond donors (Lipinski definition) is 3. The third kappa shape index (κ3) is 17.5. The fraction of sp³-hybridized carbons (Fsp3) is 0.524. The molecule has 0 aliphatic rings. The van der Waals surface area contributed by atoms with Crippen LogP contribution in [0.15, 0.2) is 43.0 Å². The second-order valence-corrected chi connectivity index (χ2v) is 7.74. The van der Waals surface area contributed by atoms with Crippen LogP contribution in [0.1, 0.15) is 45.6 Å². The van der Waals surface area contributed by atoms with Crippen molar-refractivity contribution in [1.82, 2.24) is 5.32 Å². The van der Waals surface area contributed by atoms with Crippen LogP contribution in [0.3, 0.4) is 0 Å². The van der Waals surface area contributed by atoms with Gasteiger partial charge in [-0.1, -0.05) is 56.7 Å². The molecule has 0 spiro atoms. The molecule has 1 aromatic carbocycles. The largest absolute Gasteiger partial charge is 0.483 e. The summed E-state index contributed by atoms with van der Waals surface area (Å²) in [7, 11) is -1.06. The third-order valence-corrected chi connectivity index (χ3v) is 5.23. The van der Waals surface area contributed by atoms with E-state index in [-0.39, 0.29) is 18.3 Å². The number of allylic oxidation sites excluding steroid dienone is 1.